The highest BCUT2D eigenvalue weighted by molar-refractivity contribution is 7.09. The number of amides is 1. The number of carbonyl (C=O) groups is 2. The number of hydrogen-bond donors (Lipinski definition) is 1. The summed E-state index contributed by atoms with van der Waals surface area (Å²) < 4.78 is 0. The molecule has 0 saturated carbocycles. The molecule has 21 heavy (non-hydrogen) atoms. The van der Waals surface area contributed by atoms with Crippen LogP contribution in [0.1, 0.15) is 43.3 Å². The Morgan fingerprint density at radius 3 is 2.86 bits per heavy atom. The Hall–Kier alpha value is -1.43. The van der Waals surface area contributed by atoms with Gasteiger partial charge < -0.3 is 10.0 Å². The smallest absolute Gasteiger partial charge is 0.311 e. The number of carboxylic acids is 1. The van der Waals surface area contributed by atoms with Crippen molar-refractivity contribution in [2.24, 2.45) is 5.41 Å². The standard InChI is InChI=1S/C15H22N2O3S/c1-3-5-15(14(19)20)6-4-7-17(10-15)13(18)8-12-9-21-11(2)16-12/h9H,3-8,10H2,1-2H3,(H,19,20). The molecule has 0 bridgehead atoms. The number of nitrogens with zero attached hydrogens (tertiary/aromatic N) is 2. The molecule has 1 atom stereocenters. The minimum Gasteiger partial charge on any atom is -0.481 e. The van der Waals surface area contributed by atoms with Gasteiger partial charge in [0.25, 0.3) is 0 Å². The summed E-state index contributed by atoms with van der Waals surface area (Å²) >= 11 is 1.53. The van der Waals surface area contributed by atoms with Crippen LogP contribution >= 0.6 is 11.3 Å². The maximum Gasteiger partial charge on any atom is 0.311 e. The largest absolute Gasteiger partial charge is 0.481 e. The van der Waals surface area contributed by atoms with Crippen LogP contribution in [0, 0.1) is 12.3 Å². The van der Waals surface area contributed by atoms with Gasteiger partial charge in [-0.15, -0.1) is 11.3 Å². The molecule has 1 fully saturated rings. The van der Waals surface area contributed by atoms with Gasteiger partial charge in [-0.2, -0.15) is 0 Å². The first kappa shape index (κ1) is 15.9. The summed E-state index contributed by atoms with van der Waals surface area (Å²) in [5.74, 6) is -0.784. The molecule has 2 rings (SSSR count). The summed E-state index contributed by atoms with van der Waals surface area (Å²) in [6, 6.07) is 0. The van der Waals surface area contributed by atoms with Crippen molar-refractivity contribution in [1.82, 2.24) is 9.88 Å². The van der Waals surface area contributed by atoms with Crippen molar-refractivity contribution in [1.29, 1.82) is 0 Å². The lowest BCUT2D eigenvalue weighted by Gasteiger charge is -2.40. The van der Waals surface area contributed by atoms with E-state index in [2.05, 4.69) is 4.98 Å². The molecule has 1 aromatic heterocycles. The Kier molecular flexibility index (Phi) is 4.98. The average molecular weight is 310 g/mol. The Labute approximate surface area is 129 Å². The van der Waals surface area contributed by atoms with E-state index in [4.69, 9.17) is 0 Å². The summed E-state index contributed by atoms with van der Waals surface area (Å²) in [4.78, 5) is 30.1. The molecular weight excluding hydrogens is 288 g/mol. The fourth-order valence-electron chi connectivity index (χ4n) is 3.06. The van der Waals surface area contributed by atoms with Gasteiger partial charge in [-0.1, -0.05) is 13.3 Å². The molecule has 1 N–H and O–H groups in total. The van der Waals surface area contributed by atoms with Gasteiger partial charge in [0.15, 0.2) is 0 Å². The minimum atomic E-state index is -0.772. The Morgan fingerprint density at radius 1 is 1.52 bits per heavy atom. The van der Waals surface area contributed by atoms with Gasteiger partial charge in [-0.25, -0.2) is 4.98 Å². The highest BCUT2D eigenvalue weighted by Crippen LogP contribution is 2.35. The fraction of sp³-hybridized carbons (Fsp3) is 0.667. The van der Waals surface area contributed by atoms with Crippen LogP contribution in [-0.2, 0) is 16.0 Å². The van der Waals surface area contributed by atoms with Gasteiger partial charge in [0.05, 0.1) is 22.5 Å². The first-order valence-electron chi connectivity index (χ1n) is 7.39. The van der Waals surface area contributed by atoms with Crippen LogP contribution in [0.3, 0.4) is 0 Å². The zero-order chi connectivity index (χ0) is 15.5. The van der Waals surface area contributed by atoms with Crippen LogP contribution < -0.4 is 0 Å². The second-order valence-electron chi connectivity index (χ2n) is 5.79. The van der Waals surface area contributed by atoms with Crippen molar-refractivity contribution >= 4 is 23.2 Å². The lowest BCUT2D eigenvalue weighted by Crippen LogP contribution is -2.50. The van der Waals surface area contributed by atoms with E-state index in [9.17, 15) is 14.7 Å². The molecule has 1 aromatic rings. The fourth-order valence-corrected chi connectivity index (χ4v) is 3.68. The van der Waals surface area contributed by atoms with E-state index in [1.807, 2.05) is 19.2 Å². The number of rotatable bonds is 5. The second-order valence-corrected chi connectivity index (χ2v) is 6.85. The number of aromatic nitrogens is 1. The van der Waals surface area contributed by atoms with E-state index in [0.29, 0.717) is 25.9 Å². The van der Waals surface area contributed by atoms with E-state index >= 15 is 0 Å². The number of aliphatic carboxylic acids is 1. The molecule has 0 spiro atoms. The number of piperidine rings is 1. The maximum atomic E-state index is 12.4. The third-order valence-electron chi connectivity index (χ3n) is 4.11. The van der Waals surface area contributed by atoms with Gasteiger partial charge in [-0.05, 0) is 26.2 Å². The summed E-state index contributed by atoms with van der Waals surface area (Å²) in [7, 11) is 0. The second kappa shape index (κ2) is 6.56. The first-order chi connectivity index (χ1) is 9.97. The molecule has 6 heteroatoms. The molecule has 0 radical (unpaired) electrons. The molecule has 5 nitrogen and oxygen atoms in total. The van der Waals surface area contributed by atoms with Crippen molar-refractivity contribution in [3.63, 3.8) is 0 Å². The molecule has 1 aliphatic rings. The number of thiazole rings is 1. The Balaban J connectivity index is 2.05. The highest BCUT2D eigenvalue weighted by atomic mass is 32.1. The average Bonchev–Trinajstić information content (AvgIpc) is 2.84. The predicted octanol–water partition coefficient (Wildman–Crippen LogP) is 2.49. The maximum absolute atomic E-state index is 12.4. The molecule has 1 saturated heterocycles. The van der Waals surface area contributed by atoms with Gasteiger partial charge in [-0.3, -0.25) is 9.59 Å². The number of hydrogen-bond acceptors (Lipinski definition) is 4. The number of carbonyl (C=O) groups excluding carboxylic acids is 1. The van der Waals surface area contributed by atoms with Crippen molar-refractivity contribution in [2.45, 2.75) is 46.0 Å². The van der Waals surface area contributed by atoms with Gasteiger partial charge in [0.2, 0.25) is 5.91 Å². The monoisotopic (exact) mass is 310 g/mol. The molecule has 2 heterocycles. The number of likely N-dealkylation sites (tertiary alicyclic amines) is 1. The third-order valence-corrected chi connectivity index (χ3v) is 4.93. The lowest BCUT2D eigenvalue weighted by molar-refractivity contribution is -0.155. The molecule has 0 aromatic carbocycles. The predicted molar refractivity (Wildman–Crippen MR) is 81.3 cm³/mol. The summed E-state index contributed by atoms with van der Waals surface area (Å²) in [6.45, 7) is 4.89. The lowest BCUT2D eigenvalue weighted by atomic mass is 9.76. The molecule has 0 aliphatic carbocycles. The molecule has 1 amide bonds. The van der Waals surface area contributed by atoms with E-state index in [-0.39, 0.29) is 12.3 Å². The van der Waals surface area contributed by atoms with Crippen molar-refractivity contribution in [3.05, 3.63) is 16.1 Å². The normalized spacial score (nSPS) is 22.3. The number of aryl methyl sites for hydroxylation is 1. The highest BCUT2D eigenvalue weighted by Gasteiger charge is 2.42. The van der Waals surface area contributed by atoms with Crippen molar-refractivity contribution < 1.29 is 14.7 Å². The molecule has 116 valence electrons. The number of carboxylic acid groups (broad SMARTS) is 1. The quantitative estimate of drug-likeness (QED) is 0.907. The van der Waals surface area contributed by atoms with Crippen LogP contribution in [0.25, 0.3) is 0 Å². The van der Waals surface area contributed by atoms with Crippen LogP contribution in [0.2, 0.25) is 0 Å². The van der Waals surface area contributed by atoms with Gasteiger partial charge in [0, 0.05) is 18.5 Å². The summed E-state index contributed by atoms with van der Waals surface area (Å²) in [5.41, 5.74) is 0.0187. The van der Waals surface area contributed by atoms with Crippen LogP contribution in [0.15, 0.2) is 5.38 Å². The van der Waals surface area contributed by atoms with Crippen LogP contribution in [0.4, 0.5) is 0 Å². The van der Waals surface area contributed by atoms with E-state index in [0.717, 1.165) is 23.5 Å². The SMILES string of the molecule is CCCC1(C(=O)O)CCCN(C(=O)Cc2csc(C)n2)C1. The van der Waals surface area contributed by atoms with E-state index in [1.165, 1.54) is 11.3 Å². The minimum absolute atomic E-state index is 0.0123. The Bertz CT molecular complexity index is 525. The summed E-state index contributed by atoms with van der Waals surface area (Å²) in [6.07, 6.45) is 3.14. The van der Waals surface area contributed by atoms with Gasteiger partial charge in [0.1, 0.15) is 0 Å². The molecular formula is C15H22N2O3S. The molecule has 1 aliphatic heterocycles. The zero-order valence-corrected chi connectivity index (χ0v) is 13.4. The van der Waals surface area contributed by atoms with Crippen LogP contribution in [0.5, 0.6) is 0 Å². The first-order valence-corrected chi connectivity index (χ1v) is 8.27. The summed E-state index contributed by atoms with van der Waals surface area (Å²) in [5, 5.41) is 12.4. The van der Waals surface area contributed by atoms with Gasteiger partial charge >= 0.3 is 5.97 Å². The van der Waals surface area contributed by atoms with Crippen molar-refractivity contribution in [3.8, 4) is 0 Å². The van der Waals surface area contributed by atoms with E-state index in [1.54, 1.807) is 4.90 Å². The molecule has 1 unspecified atom stereocenters. The zero-order valence-electron chi connectivity index (χ0n) is 12.6. The Morgan fingerprint density at radius 2 is 2.29 bits per heavy atom. The topological polar surface area (TPSA) is 70.5 Å². The van der Waals surface area contributed by atoms with E-state index < -0.39 is 11.4 Å². The third kappa shape index (κ3) is 3.61. The van der Waals surface area contributed by atoms with Crippen molar-refractivity contribution in [2.75, 3.05) is 13.1 Å². The van der Waals surface area contributed by atoms with Crippen LogP contribution in [-0.4, -0.2) is 40.0 Å².